The normalized spacial score (nSPS) is 26.9. The molecule has 0 heterocycles. The molecule has 1 rings (SSSR count). The van der Waals surface area contributed by atoms with Gasteiger partial charge in [-0.05, 0) is 19.3 Å². The summed E-state index contributed by atoms with van der Waals surface area (Å²) in [6.45, 7) is 0. The van der Waals surface area contributed by atoms with Crippen LogP contribution in [0.15, 0.2) is 0 Å². The molecule has 118 valence electrons. The number of aliphatic hydroxyl groups excluding tert-OH is 1. The van der Waals surface area contributed by atoms with Crippen LogP contribution in [0.25, 0.3) is 0 Å². The average molecular weight is 324 g/mol. The van der Waals surface area contributed by atoms with Crippen LogP contribution in [0.3, 0.4) is 0 Å². The maximum atomic E-state index is 13.7. The van der Waals surface area contributed by atoms with E-state index in [4.69, 9.17) is 5.26 Å². The largest absolute Gasteiger partial charge is 0.456 e. The first-order valence-electron chi connectivity index (χ1n) is 5.53. The summed E-state index contributed by atoms with van der Waals surface area (Å²) in [4.78, 5) is 11.4. The Hall–Kier alpha value is -0.620. The Morgan fingerprint density at radius 2 is 1.80 bits per heavy atom. The summed E-state index contributed by atoms with van der Waals surface area (Å²) in [7, 11) is 0. The minimum Gasteiger partial charge on any atom is -0.456 e. The molecular weight excluding hydrogens is 312 g/mol. The van der Waals surface area contributed by atoms with Crippen molar-refractivity contribution >= 4 is 18.0 Å². The fraction of sp³-hybridized carbons (Fsp3) is 0.889. The molecule has 1 aliphatic carbocycles. The molecule has 1 fully saturated rings. The third-order valence-corrected chi connectivity index (χ3v) is 3.49. The van der Waals surface area contributed by atoms with Gasteiger partial charge < -0.3 is 9.84 Å². The standard InChI is InChI=1S/C9H12F4O6S/c10-8(9(11,12)13,20-19-18-16)7(15)17-6-4-2-1-3-5(6)14/h5-6,14,16H,1-4H2. The number of carbonyl (C=O) groups excluding carboxylic acids is 1. The van der Waals surface area contributed by atoms with Gasteiger partial charge in [-0.1, -0.05) is 11.5 Å². The van der Waals surface area contributed by atoms with E-state index in [0.29, 0.717) is 12.8 Å². The van der Waals surface area contributed by atoms with Gasteiger partial charge in [0.2, 0.25) is 0 Å². The van der Waals surface area contributed by atoms with Gasteiger partial charge in [-0.25, -0.2) is 14.4 Å². The quantitative estimate of drug-likeness (QED) is 0.263. The third kappa shape index (κ3) is 3.95. The molecule has 0 aromatic heterocycles. The Labute approximate surface area is 115 Å². The number of hydrogen-bond donors (Lipinski definition) is 2. The Morgan fingerprint density at radius 1 is 1.20 bits per heavy atom. The van der Waals surface area contributed by atoms with Crippen molar-refractivity contribution in [3.8, 4) is 0 Å². The van der Waals surface area contributed by atoms with Crippen molar-refractivity contribution in [2.24, 2.45) is 0 Å². The van der Waals surface area contributed by atoms with Crippen LogP contribution in [-0.4, -0.2) is 39.7 Å². The van der Waals surface area contributed by atoms with Crippen LogP contribution in [0.4, 0.5) is 17.6 Å². The Bertz CT molecular complexity index is 341. The topological polar surface area (TPSA) is 85.2 Å². The zero-order valence-electron chi connectivity index (χ0n) is 9.93. The minimum atomic E-state index is -5.66. The molecule has 1 saturated carbocycles. The fourth-order valence-electron chi connectivity index (χ4n) is 1.69. The fourth-order valence-corrected chi connectivity index (χ4v) is 2.02. The third-order valence-electron chi connectivity index (χ3n) is 2.73. The van der Waals surface area contributed by atoms with Crippen LogP contribution >= 0.6 is 12.0 Å². The highest BCUT2D eigenvalue weighted by Gasteiger charge is 2.66. The number of halogens is 4. The van der Waals surface area contributed by atoms with Crippen molar-refractivity contribution in [3.63, 3.8) is 0 Å². The minimum absolute atomic E-state index is 0.128. The van der Waals surface area contributed by atoms with Gasteiger partial charge in [0.15, 0.2) is 0 Å². The number of carbonyl (C=O) groups is 1. The molecule has 0 aromatic carbocycles. The zero-order valence-corrected chi connectivity index (χ0v) is 10.7. The van der Waals surface area contributed by atoms with Crippen LogP contribution in [0, 0.1) is 0 Å². The van der Waals surface area contributed by atoms with E-state index in [-0.39, 0.29) is 12.8 Å². The lowest BCUT2D eigenvalue weighted by atomic mass is 9.95. The first-order valence-corrected chi connectivity index (χ1v) is 6.27. The van der Waals surface area contributed by atoms with Crippen molar-refractivity contribution in [3.05, 3.63) is 0 Å². The summed E-state index contributed by atoms with van der Waals surface area (Å²) in [5, 5.41) is 15.5. The number of esters is 1. The molecule has 6 nitrogen and oxygen atoms in total. The summed E-state index contributed by atoms with van der Waals surface area (Å²) in [6, 6.07) is 0. The molecule has 0 aromatic rings. The maximum absolute atomic E-state index is 13.7. The highest BCUT2D eigenvalue weighted by Crippen LogP contribution is 2.45. The molecule has 2 N–H and O–H groups in total. The summed E-state index contributed by atoms with van der Waals surface area (Å²) in [5.41, 5.74) is 0. The van der Waals surface area contributed by atoms with E-state index in [1.807, 2.05) is 0 Å². The van der Waals surface area contributed by atoms with Crippen molar-refractivity contribution in [1.29, 1.82) is 0 Å². The average Bonchev–Trinajstić information content (AvgIpc) is 2.37. The molecule has 0 bridgehead atoms. The number of rotatable bonds is 5. The van der Waals surface area contributed by atoms with Gasteiger partial charge in [-0.15, -0.1) is 4.33 Å². The van der Waals surface area contributed by atoms with Gasteiger partial charge in [-0.2, -0.15) is 13.2 Å². The highest BCUT2D eigenvalue weighted by atomic mass is 32.2. The molecule has 0 spiro atoms. The zero-order chi connectivity index (χ0) is 15.4. The lowest BCUT2D eigenvalue weighted by molar-refractivity contribution is -0.433. The van der Waals surface area contributed by atoms with Gasteiger partial charge in [-0.3, -0.25) is 0 Å². The van der Waals surface area contributed by atoms with E-state index in [2.05, 4.69) is 14.1 Å². The first-order chi connectivity index (χ1) is 9.22. The van der Waals surface area contributed by atoms with E-state index in [9.17, 15) is 27.5 Å². The van der Waals surface area contributed by atoms with Gasteiger partial charge in [0.1, 0.15) is 6.10 Å². The molecule has 0 aliphatic heterocycles. The van der Waals surface area contributed by atoms with Crippen molar-refractivity contribution < 1.29 is 46.8 Å². The molecule has 20 heavy (non-hydrogen) atoms. The second-order valence-electron chi connectivity index (χ2n) is 4.11. The smallest absolute Gasteiger partial charge is 0.446 e. The van der Waals surface area contributed by atoms with Crippen LogP contribution in [0.2, 0.25) is 0 Å². The first kappa shape index (κ1) is 17.4. The molecule has 0 saturated heterocycles. The monoisotopic (exact) mass is 324 g/mol. The van der Waals surface area contributed by atoms with Gasteiger partial charge >= 0.3 is 17.1 Å². The Balaban J connectivity index is 2.77. The molecule has 0 amide bonds. The second kappa shape index (κ2) is 6.89. The molecule has 3 unspecified atom stereocenters. The SMILES string of the molecule is O=C(OC1CCCCC1O)C(F)(SOOO)C(F)(F)F. The Morgan fingerprint density at radius 3 is 2.30 bits per heavy atom. The van der Waals surface area contributed by atoms with Crippen LogP contribution in [-0.2, 0) is 18.9 Å². The number of aliphatic hydroxyl groups is 1. The van der Waals surface area contributed by atoms with E-state index in [1.165, 1.54) is 0 Å². The van der Waals surface area contributed by atoms with Gasteiger partial charge in [0.25, 0.3) is 0 Å². The van der Waals surface area contributed by atoms with Gasteiger partial charge in [0.05, 0.1) is 18.1 Å². The highest BCUT2D eigenvalue weighted by molar-refractivity contribution is 7.96. The molecule has 11 heteroatoms. The molecular formula is C9H12F4O6S. The summed E-state index contributed by atoms with van der Waals surface area (Å²) >= 11 is -1.09. The van der Waals surface area contributed by atoms with Crippen LogP contribution in [0.5, 0.6) is 0 Å². The molecule has 3 atom stereocenters. The summed E-state index contributed by atoms with van der Waals surface area (Å²) in [5.74, 6) is -2.28. The van der Waals surface area contributed by atoms with E-state index in [0.717, 1.165) is 0 Å². The second-order valence-corrected chi connectivity index (χ2v) is 4.98. The van der Waals surface area contributed by atoms with E-state index >= 15 is 0 Å². The maximum Gasteiger partial charge on any atom is 0.446 e. The summed E-state index contributed by atoms with van der Waals surface area (Å²) in [6.07, 6.45) is -6.49. The van der Waals surface area contributed by atoms with E-state index in [1.54, 1.807) is 0 Å². The lowest BCUT2D eigenvalue weighted by Crippen LogP contribution is -2.49. The molecule has 1 aliphatic rings. The number of alkyl halides is 4. The van der Waals surface area contributed by atoms with Crippen LogP contribution < -0.4 is 0 Å². The summed E-state index contributed by atoms with van der Waals surface area (Å²) < 4.78 is 59.1. The number of ether oxygens (including phenoxy) is 1. The number of hydrogen-bond acceptors (Lipinski definition) is 7. The van der Waals surface area contributed by atoms with Crippen LogP contribution in [0.1, 0.15) is 25.7 Å². The van der Waals surface area contributed by atoms with Crippen molar-refractivity contribution in [1.82, 2.24) is 0 Å². The Kier molecular flexibility index (Phi) is 6.01. The van der Waals surface area contributed by atoms with Crippen molar-refractivity contribution in [2.75, 3.05) is 0 Å². The van der Waals surface area contributed by atoms with Crippen molar-refractivity contribution in [2.45, 2.75) is 49.1 Å². The van der Waals surface area contributed by atoms with E-state index < -0.39 is 41.4 Å². The predicted molar refractivity (Wildman–Crippen MR) is 56.6 cm³/mol. The lowest BCUT2D eigenvalue weighted by Gasteiger charge is -2.30. The molecule has 0 radical (unpaired) electrons. The van der Waals surface area contributed by atoms with Gasteiger partial charge in [0, 0.05) is 0 Å². The predicted octanol–water partition coefficient (Wildman–Crippen LogP) is 2.13.